The zero-order chi connectivity index (χ0) is 19.6. The molecule has 2 aromatic carbocycles. The minimum Gasteiger partial charge on any atom is -0.508 e. The van der Waals surface area contributed by atoms with Gasteiger partial charge >= 0.3 is 0 Å². The first-order valence-electron chi connectivity index (χ1n) is 10.7. The molecule has 3 nitrogen and oxygen atoms in total. The predicted molar refractivity (Wildman–Crippen MR) is 111 cm³/mol. The molecule has 0 atom stereocenters. The van der Waals surface area contributed by atoms with E-state index in [2.05, 4.69) is 0 Å². The number of hydrogen-bond acceptors (Lipinski definition) is 3. The molecule has 0 amide bonds. The maximum absolute atomic E-state index is 14.4. The van der Waals surface area contributed by atoms with Gasteiger partial charge in [-0.15, -0.1) is 0 Å². The molecule has 0 radical (unpaired) electrons. The largest absolute Gasteiger partial charge is 0.508 e. The van der Waals surface area contributed by atoms with Crippen LogP contribution < -0.4 is 0 Å². The fraction of sp³-hybridized carbons (Fsp3) is 0.480. The third-order valence-corrected chi connectivity index (χ3v) is 7.12. The molecule has 2 aliphatic rings. The maximum atomic E-state index is 14.4. The molecule has 28 heavy (non-hydrogen) atoms. The van der Waals surface area contributed by atoms with Crippen LogP contribution in [-0.2, 0) is 15.6 Å². The number of hydrogen-bond donors (Lipinski definition) is 2. The van der Waals surface area contributed by atoms with E-state index < -0.39 is 10.8 Å². The average molecular weight is 379 g/mol. The van der Waals surface area contributed by atoms with Gasteiger partial charge in [-0.3, -0.25) is 4.79 Å². The minimum absolute atomic E-state index is 0.244. The van der Waals surface area contributed by atoms with Crippen LogP contribution in [-0.4, -0.2) is 16.0 Å². The van der Waals surface area contributed by atoms with E-state index in [0.29, 0.717) is 5.78 Å². The maximum Gasteiger partial charge on any atom is 0.153 e. The molecule has 2 saturated carbocycles. The SMILES string of the molecule is O=C(C1(c2ccc(O)cc2)CCCCC1)C1(c2ccc(O)cc2)CCCCC1. The van der Waals surface area contributed by atoms with E-state index in [1.165, 1.54) is 12.8 Å². The van der Waals surface area contributed by atoms with E-state index in [9.17, 15) is 15.0 Å². The molecule has 3 heteroatoms. The third kappa shape index (κ3) is 3.21. The summed E-state index contributed by atoms with van der Waals surface area (Å²) in [7, 11) is 0. The van der Waals surface area contributed by atoms with Gasteiger partial charge in [0.25, 0.3) is 0 Å². The standard InChI is InChI=1S/C25H30O3/c26-21-11-7-19(8-12-21)24(15-3-1-4-16-24)23(28)25(17-5-2-6-18-25)20-9-13-22(27)14-10-20/h7-14,26-27H,1-6,15-18H2. The van der Waals surface area contributed by atoms with Gasteiger partial charge in [0.2, 0.25) is 0 Å². The summed E-state index contributed by atoms with van der Waals surface area (Å²) in [4.78, 5) is 14.4. The molecule has 0 spiro atoms. The summed E-state index contributed by atoms with van der Waals surface area (Å²) in [5.74, 6) is 0.844. The third-order valence-electron chi connectivity index (χ3n) is 7.12. The van der Waals surface area contributed by atoms with Crippen LogP contribution >= 0.6 is 0 Å². The predicted octanol–water partition coefficient (Wildman–Crippen LogP) is 5.77. The molecule has 2 N–H and O–H groups in total. The lowest BCUT2D eigenvalue weighted by atomic mass is 9.55. The number of ketones is 1. The van der Waals surface area contributed by atoms with E-state index in [4.69, 9.17) is 0 Å². The Kier molecular flexibility index (Phi) is 5.18. The van der Waals surface area contributed by atoms with E-state index in [1.54, 1.807) is 24.3 Å². The molecular formula is C25H30O3. The van der Waals surface area contributed by atoms with Gasteiger partial charge in [0.05, 0.1) is 10.8 Å². The molecular weight excluding hydrogens is 348 g/mol. The van der Waals surface area contributed by atoms with Crippen LogP contribution in [0.25, 0.3) is 0 Å². The summed E-state index contributed by atoms with van der Waals surface area (Å²) in [6.45, 7) is 0. The van der Waals surface area contributed by atoms with E-state index >= 15 is 0 Å². The van der Waals surface area contributed by atoms with Crippen LogP contribution in [0.3, 0.4) is 0 Å². The molecule has 0 saturated heterocycles. The van der Waals surface area contributed by atoms with Crippen molar-refractivity contribution in [1.82, 2.24) is 0 Å². The molecule has 4 rings (SSSR count). The average Bonchev–Trinajstić information content (AvgIpc) is 2.75. The number of phenols is 2. The van der Waals surface area contributed by atoms with E-state index in [1.807, 2.05) is 24.3 Å². The zero-order valence-corrected chi connectivity index (χ0v) is 16.5. The second kappa shape index (κ2) is 7.62. The van der Waals surface area contributed by atoms with Crippen molar-refractivity contribution in [3.8, 4) is 11.5 Å². The van der Waals surface area contributed by atoms with Crippen molar-refractivity contribution in [2.24, 2.45) is 0 Å². The number of Topliss-reactive ketones (excluding diaryl/α,β-unsaturated/α-hetero) is 1. The fourth-order valence-corrected chi connectivity index (χ4v) is 5.62. The van der Waals surface area contributed by atoms with Crippen LogP contribution in [0.2, 0.25) is 0 Å². The lowest BCUT2D eigenvalue weighted by Gasteiger charge is -2.46. The van der Waals surface area contributed by atoms with E-state index in [0.717, 1.165) is 62.5 Å². The number of benzene rings is 2. The Bertz CT molecular complexity index is 738. The first-order chi connectivity index (χ1) is 13.6. The molecule has 0 heterocycles. The quantitative estimate of drug-likeness (QED) is 0.710. The Labute approximate surface area is 167 Å². The van der Waals surface area contributed by atoms with Crippen molar-refractivity contribution in [3.63, 3.8) is 0 Å². The number of rotatable bonds is 4. The van der Waals surface area contributed by atoms with Crippen LogP contribution in [0, 0.1) is 0 Å². The van der Waals surface area contributed by atoms with Crippen molar-refractivity contribution in [2.45, 2.75) is 75.0 Å². The number of aromatic hydroxyl groups is 2. The molecule has 0 aromatic heterocycles. The van der Waals surface area contributed by atoms with Gasteiger partial charge in [0.15, 0.2) is 5.78 Å². The van der Waals surface area contributed by atoms with Crippen LogP contribution in [0.1, 0.15) is 75.3 Å². The Hall–Kier alpha value is -2.29. The summed E-state index contributed by atoms with van der Waals surface area (Å²) < 4.78 is 0. The second-order valence-electron chi connectivity index (χ2n) is 8.71. The second-order valence-corrected chi connectivity index (χ2v) is 8.71. The fourth-order valence-electron chi connectivity index (χ4n) is 5.62. The summed E-state index contributed by atoms with van der Waals surface area (Å²) in [5.41, 5.74) is 1.17. The summed E-state index contributed by atoms with van der Waals surface area (Å²) in [6.07, 6.45) is 10.2. The molecule has 0 bridgehead atoms. The Morgan fingerprint density at radius 3 is 1.21 bits per heavy atom. The van der Waals surface area contributed by atoms with Gasteiger partial charge < -0.3 is 10.2 Å². The van der Waals surface area contributed by atoms with Gasteiger partial charge in [0.1, 0.15) is 11.5 Å². The van der Waals surface area contributed by atoms with Crippen molar-refractivity contribution < 1.29 is 15.0 Å². The smallest absolute Gasteiger partial charge is 0.153 e. The van der Waals surface area contributed by atoms with E-state index in [-0.39, 0.29) is 11.5 Å². The molecule has 2 fully saturated rings. The molecule has 0 aliphatic heterocycles. The van der Waals surface area contributed by atoms with Gasteiger partial charge in [0, 0.05) is 0 Å². The Balaban J connectivity index is 1.82. The highest BCUT2D eigenvalue weighted by Crippen LogP contribution is 2.50. The molecule has 2 aromatic rings. The zero-order valence-electron chi connectivity index (χ0n) is 16.5. The highest BCUT2D eigenvalue weighted by atomic mass is 16.3. The van der Waals surface area contributed by atoms with Crippen molar-refractivity contribution >= 4 is 5.78 Å². The van der Waals surface area contributed by atoms with Crippen LogP contribution in [0.5, 0.6) is 11.5 Å². The summed E-state index contributed by atoms with van der Waals surface area (Å²) in [5, 5.41) is 19.5. The van der Waals surface area contributed by atoms with Gasteiger partial charge in [-0.1, -0.05) is 62.8 Å². The summed E-state index contributed by atoms with van der Waals surface area (Å²) in [6, 6.07) is 14.7. The molecule has 0 unspecified atom stereocenters. The number of carbonyl (C=O) groups is 1. The lowest BCUT2D eigenvalue weighted by molar-refractivity contribution is -0.133. The van der Waals surface area contributed by atoms with Gasteiger partial charge in [-0.2, -0.15) is 0 Å². The Morgan fingerprint density at radius 2 is 0.893 bits per heavy atom. The monoisotopic (exact) mass is 378 g/mol. The van der Waals surface area contributed by atoms with Crippen LogP contribution in [0.15, 0.2) is 48.5 Å². The van der Waals surface area contributed by atoms with Gasteiger partial charge in [-0.25, -0.2) is 0 Å². The molecule has 148 valence electrons. The summed E-state index contributed by atoms with van der Waals surface area (Å²) >= 11 is 0. The lowest BCUT2D eigenvalue weighted by Crippen LogP contribution is -2.51. The van der Waals surface area contributed by atoms with Crippen LogP contribution in [0.4, 0.5) is 0 Å². The van der Waals surface area contributed by atoms with Crippen molar-refractivity contribution in [1.29, 1.82) is 0 Å². The highest BCUT2D eigenvalue weighted by Gasteiger charge is 2.52. The Morgan fingerprint density at radius 1 is 0.571 bits per heavy atom. The number of phenolic OH excluding ortho intramolecular Hbond substituents is 2. The minimum atomic E-state index is -0.471. The highest BCUT2D eigenvalue weighted by molar-refractivity contribution is 5.99. The normalized spacial score (nSPS) is 21.1. The topological polar surface area (TPSA) is 57.5 Å². The number of carbonyl (C=O) groups excluding carboxylic acids is 1. The molecule has 2 aliphatic carbocycles. The van der Waals surface area contributed by atoms with Crippen molar-refractivity contribution in [3.05, 3.63) is 59.7 Å². The van der Waals surface area contributed by atoms with Gasteiger partial charge in [-0.05, 0) is 61.1 Å². The van der Waals surface area contributed by atoms with Crippen molar-refractivity contribution in [2.75, 3.05) is 0 Å². The first kappa shape index (κ1) is 19.0. The first-order valence-corrected chi connectivity index (χ1v) is 10.7.